The van der Waals surface area contributed by atoms with Gasteiger partial charge in [-0.15, -0.1) is 0 Å². The molecule has 0 aliphatic carbocycles. The van der Waals surface area contributed by atoms with E-state index in [1.807, 2.05) is 0 Å². The molecule has 0 saturated carbocycles. The lowest BCUT2D eigenvalue weighted by atomic mass is 10.0. The van der Waals surface area contributed by atoms with E-state index in [4.69, 9.17) is 9.47 Å². The molecule has 0 rings (SSSR count). The molecule has 0 aromatic rings. The van der Waals surface area contributed by atoms with Crippen molar-refractivity contribution in [2.24, 2.45) is 0 Å². The van der Waals surface area contributed by atoms with Crippen LogP contribution in [-0.2, 0) is 19.1 Å². The fourth-order valence-corrected chi connectivity index (χ4v) is 8.48. The molecule has 0 N–H and O–H groups in total. The van der Waals surface area contributed by atoms with Crippen LogP contribution in [0.2, 0.25) is 0 Å². The lowest BCUT2D eigenvalue weighted by Crippen LogP contribution is -2.42. The van der Waals surface area contributed by atoms with Crippen molar-refractivity contribution >= 4 is 11.9 Å². The summed E-state index contributed by atoms with van der Waals surface area (Å²) in [6, 6.07) is 0. The third-order valence-corrected chi connectivity index (χ3v) is 12.3. The molecular weight excluding hydrogens is 729 g/mol. The van der Waals surface area contributed by atoms with Gasteiger partial charge in [-0.25, -0.2) is 0 Å². The minimum atomic E-state index is -0.109. The van der Waals surface area contributed by atoms with Gasteiger partial charge >= 0.3 is 11.9 Å². The number of nitrogens with zero attached hydrogens (tertiary/aromatic N) is 2. The molecule has 6 nitrogen and oxygen atoms in total. The normalized spacial score (nSPS) is 12.7. The van der Waals surface area contributed by atoms with E-state index in [9.17, 15) is 9.59 Å². The summed E-state index contributed by atoms with van der Waals surface area (Å²) in [5, 5.41) is 0. The molecule has 0 radical (unpaired) electrons. The fraction of sp³-hybridized carbons (Fsp3) is 0.962. The van der Waals surface area contributed by atoms with Gasteiger partial charge in [0.2, 0.25) is 0 Å². The van der Waals surface area contributed by atoms with Crippen LogP contribution in [0.4, 0.5) is 0 Å². The predicted octanol–water partition coefficient (Wildman–Crippen LogP) is 16.0. The number of unbranched alkanes of at least 4 members (excludes halogenated alkanes) is 30. The van der Waals surface area contributed by atoms with Gasteiger partial charge in [-0.1, -0.05) is 220 Å². The van der Waals surface area contributed by atoms with Crippen molar-refractivity contribution in [2.45, 2.75) is 290 Å². The molecule has 2 atom stereocenters. The number of hydrogen-bond acceptors (Lipinski definition) is 6. The van der Waals surface area contributed by atoms with E-state index in [2.05, 4.69) is 51.6 Å². The number of carbonyl (C=O) groups excluding carboxylic acids is 2. The first-order chi connectivity index (χ1) is 28.9. The molecule has 6 heteroatoms. The molecule has 0 spiro atoms. The highest BCUT2D eigenvalue weighted by atomic mass is 16.5. The van der Waals surface area contributed by atoms with Crippen LogP contribution in [0.15, 0.2) is 0 Å². The van der Waals surface area contributed by atoms with E-state index in [0.717, 1.165) is 84.0 Å². The Balaban J connectivity index is 5.59. The second-order valence-corrected chi connectivity index (χ2v) is 18.8. The number of rotatable bonds is 48. The summed E-state index contributed by atoms with van der Waals surface area (Å²) in [5.74, 6) is -0.0428. The number of hydrogen-bond donors (Lipinski definition) is 0. The van der Waals surface area contributed by atoms with E-state index < -0.39 is 0 Å². The van der Waals surface area contributed by atoms with E-state index in [1.54, 1.807) is 0 Å². The van der Waals surface area contributed by atoms with Crippen molar-refractivity contribution in [1.29, 1.82) is 0 Å². The van der Waals surface area contributed by atoms with Gasteiger partial charge in [0.05, 0.1) is 0 Å². The molecular formula is C53H106N2O4. The first-order valence-electron chi connectivity index (χ1n) is 26.6. The highest BCUT2D eigenvalue weighted by Crippen LogP contribution is 2.19. The fourth-order valence-electron chi connectivity index (χ4n) is 8.48. The second kappa shape index (κ2) is 46.4. The molecule has 0 aliphatic rings. The Kier molecular flexibility index (Phi) is 45.5. The summed E-state index contributed by atoms with van der Waals surface area (Å²) in [6.07, 6.45) is 46.6. The third-order valence-electron chi connectivity index (χ3n) is 12.3. The topological polar surface area (TPSA) is 59.1 Å². The number of ether oxygens (including phenoxy) is 2. The van der Waals surface area contributed by atoms with Gasteiger partial charge in [-0.2, -0.15) is 0 Å². The Labute approximate surface area is 370 Å². The largest absolute Gasteiger partial charge is 0.461 e. The third kappa shape index (κ3) is 43.3. The molecule has 0 aromatic carbocycles. The van der Waals surface area contributed by atoms with Crippen LogP contribution < -0.4 is 0 Å². The van der Waals surface area contributed by atoms with Gasteiger partial charge in [0.1, 0.15) is 12.2 Å². The standard InChI is InChI=1S/C53H106N2O4/c1-7-11-15-19-23-25-27-31-33-37-42-50(58-52(56)44-39-35-29-21-17-13-9-3)48-55(47-41-46-54(5)6)49-51(43-38-34-32-28-26-24-20-16-12-8-2)59-53(57)45-40-36-30-22-18-14-10-4/h50-51H,7-49H2,1-6H3. The predicted molar refractivity (Wildman–Crippen MR) is 258 cm³/mol. The summed E-state index contributed by atoms with van der Waals surface area (Å²) in [7, 11) is 4.28. The summed E-state index contributed by atoms with van der Waals surface area (Å²) >= 11 is 0. The molecule has 0 fully saturated rings. The highest BCUT2D eigenvalue weighted by Gasteiger charge is 2.23. The Morgan fingerprint density at radius 2 is 0.627 bits per heavy atom. The Morgan fingerprint density at radius 1 is 0.356 bits per heavy atom. The van der Waals surface area contributed by atoms with Gasteiger partial charge in [0.15, 0.2) is 0 Å². The van der Waals surface area contributed by atoms with Gasteiger partial charge in [0.25, 0.3) is 0 Å². The molecule has 0 saturated heterocycles. The zero-order valence-electron chi connectivity index (χ0n) is 41.1. The van der Waals surface area contributed by atoms with Crippen molar-refractivity contribution in [1.82, 2.24) is 9.80 Å². The molecule has 59 heavy (non-hydrogen) atoms. The van der Waals surface area contributed by atoms with Crippen molar-refractivity contribution < 1.29 is 19.1 Å². The highest BCUT2D eigenvalue weighted by molar-refractivity contribution is 5.69. The minimum absolute atomic E-state index is 0.0214. The molecule has 352 valence electrons. The first-order valence-corrected chi connectivity index (χ1v) is 26.6. The lowest BCUT2D eigenvalue weighted by Gasteiger charge is -2.31. The van der Waals surface area contributed by atoms with Crippen LogP contribution in [0.5, 0.6) is 0 Å². The molecule has 0 aromatic heterocycles. The maximum Gasteiger partial charge on any atom is 0.306 e. The molecule has 0 bridgehead atoms. The summed E-state index contributed by atoms with van der Waals surface area (Å²) in [6.45, 7) is 12.5. The Bertz CT molecular complexity index is 804. The van der Waals surface area contributed by atoms with E-state index in [1.165, 1.54) is 180 Å². The quantitative estimate of drug-likeness (QED) is 0.0449. The summed E-state index contributed by atoms with van der Waals surface area (Å²) < 4.78 is 12.7. The van der Waals surface area contributed by atoms with Crippen LogP contribution in [0, 0.1) is 0 Å². The molecule has 0 amide bonds. The van der Waals surface area contributed by atoms with E-state index >= 15 is 0 Å². The Hall–Kier alpha value is -1.14. The van der Waals surface area contributed by atoms with Crippen LogP contribution >= 0.6 is 0 Å². The Morgan fingerprint density at radius 3 is 0.915 bits per heavy atom. The van der Waals surface area contributed by atoms with Gasteiger partial charge in [-0.05, 0) is 72.1 Å². The van der Waals surface area contributed by atoms with E-state index in [0.29, 0.717) is 12.8 Å². The van der Waals surface area contributed by atoms with Gasteiger partial charge in [0, 0.05) is 25.9 Å². The second-order valence-electron chi connectivity index (χ2n) is 18.8. The lowest BCUT2D eigenvalue weighted by molar-refractivity contribution is -0.152. The maximum absolute atomic E-state index is 13.3. The first kappa shape index (κ1) is 57.9. The van der Waals surface area contributed by atoms with Crippen LogP contribution in [0.25, 0.3) is 0 Å². The average Bonchev–Trinajstić information content (AvgIpc) is 3.21. The number of carbonyl (C=O) groups is 2. The van der Waals surface area contributed by atoms with Crippen molar-refractivity contribution in [3.05, 3.63) is 0 Å². The van der Waals surface area contributed by atoms with Crippen LogP contribution in [-0.4, -0.2) is 74.2 Å². The molecule has 0 heterocycles. The van der Waals surface area contributed by atoms with Crippen LogP contribution in [0.1, 0.15) is 278 Å². The van der Waals surface area contributed by atoms with Gasteiger partial charge in [-0.3, -0.25) is 14.5 Å². The average molecular weight is 835 g/mol. The van der Waals surface area contributed by atoms with Crippen molar-refractivity contribution in [3.63, 3.8) is 0 Å². The SMILES string of the molecule is CCCCCCCCCCCCC(CN(CCCN(C)C)CC(CCCCCCCCCCCC)OC(=O)CCCCCCCCC)OC(=O)CCCCCCCCC. The number of esters is 2. The zero-order valence-corrected chi connectivity index (χ0v) is 41.1. The maximum atomic E-state index is 13.3. The van der Waals surface area contributed by atoms with Crippen LogP contribution in [0.3, 0.4) is 0 Å². The summed E-state index contributed by atoms with van der Waals surface area (Å²) in [5.41, 5.74) is 0. The summed E-state index contributed by atoms with van der Waals surface area (Å²) in [4.78, 5) is 31.4. The smallest absolute Gasteiger partial charge is 0.306 e. The van der Waals surface area contributed by atoms with E-state index in [-0.39, 0.29) is 24.1 Å². The van der Waals surface area contributed by atoms with Gasteiger partial charge < -0.3 is 14.4 Å². The minimum Gasteiger partial charge on any atom is -0.461 e. The molecule has 0 aliphatic heterocycles. The van der Waals surface area contributed by atoms with Crippen molar-refractivity contribution in [2.75, 3.05) is 40.3 Å². The zero-order chi connectivity index (χ0) is 43.3. The molecule has 2 unspecified atom stereocenters. The monoisotopic (exact) mass is 835 g/mol. The van der Waals surface area contributed by atoms with Crippen molar-refractivity contribution in [3.8, 4) is 0 Å².